The van der Waals surface area contributed by atoms with Gasteiger partial charge in [0, 0.05) is 23.5 Å². The van der Waals surface area contributed by atoms with Crippen molar-refractivity contribution in [3.63, 3.8) is 0 Å². The predicted octanol–water partition coefficient (Wildman–Crippen LogP) is 2.89. The van der Waals surface area contributed by atoms with Crippen LogP contribution in [0.25, 0.3) is 0 Å². The van der Waals surface area contributed by atoms with Crippen LogP contribution in [0.2, 0.25) is 0 Å². The van der Waals surface area contributed by atoms with E-state index in [4.69, 9.17) is 4.52 Å². The van der Waals surface area contributed by atoms with Gasteiger partial charge in [-0.15, -0.1) is 0 Å². The third kappa shape index (κ3) is 3.99. The molecule has 0 aliphatic carbocycles. The maximum Gasteiger partial charge on any atom is 0.277 e. The monoisotopic (exact) mass is 502 g/mol. The number of nitrogens with zero attached hydrogens (tertiary/aromatic N) is 3. The van der Waals surface area contributed by atoms with Crippen LogP contribution in [-0.4, -0.2) is 51.5 Å². The van der Waals surface area contributed by atoms with Crippen molar-refractivity contribution in [2.75, 3.05) is 6.54 Å². The molecule has 2 amide bonds. The summed E-state index contributed by atoms with van der Waals surface area (Å²) in [6.07, 6.45) is -0.394. The smallest absolute Gasteiger partial charge is 0.277 e. The van der Waals surface area contributed by atoms with Gasteiger partial charge in [-0.25, -0.2) is 0 Å². The molecule has 1 fully saturated rings. The Labute approximate surface area is 195 Å². The number of aliphatic imine (C=N–C) groups is 1. The number of amides is 2. The van der Waals surface area contributed by atoms with Gasteiger partial charge in [0.05, 0.1) is 17.8 Å². The lowest BCUT2D eigenvalue weighted by Gasteiger charge is -2.31. The summed E-state index contributed by atoms with van der Waals surface area (Å²) in [6.45, 7) is 7.65. The van der Waals surface area contributed by atoms with E-state index in [0.717, 1.165) is 10.0 Å². The molecular formula is C23H27BrN4O4. The van der Waals surface area contributed by atoms with Crippen molar-refractivity contribution in [2.24, 2.45) is 10.9 Å². The summed E-state index contributed by atoms with van der Waals surface area (Å²) in [5.74, 6) is -0.177. The molecule has 0 spiro atoms. The largest absolute Gasteiger partial charge is 0.391 e. The van der Waals surface area contributed by atoms with Crippen LogP contribution in [0.5, 0.6) is 0 Å². The fraction of sp³-hybridized carbons (Fsp3) is 0.478. The van der Waals surface area contributed by atoms with Gasteiger partial charge in [0.25, 0.3) is 5.91 Å². The summed E-state index contributed by atoms with van der Waals surface area (Å²) in [7, 11) is 0. The molecule has 4 rings (SSSR count). The molecule has 32 heavy (non-hydrogen) atoms. The number of hydrogen-bond donors (Lipinski definition) is 2. The fourth-order valence-electron chi connectivity index (χ4n) is 4.46. The van der Waals surface area contributed by atoms with E-state index in [0.29, 0.717) is 23.7 Å². The van der Waals surface area contributed by atoms with Gasteiger partial charge in [-0.2, -0.15) is 4.99 Å². The van der Waals surface area contributed by atoms with Gasteiger partial charge in [0.15, 0.2) is 0 Å². The van der Waals surface area contributed by atoms with Gasteiger partial charge in [-0.3, -0.25) is 9.59 Å². The van der Waals surface area contributed by atoms with E-state index in [9.17, 15) is 14.7 Å². The van der Waals surface area contributed by atoms with Crippen LogP contribution < -0.4 is 5.32 Å². The minimum atomic E-state index is -1.03. The number of aliphatic hydroxyl groups excluding tert-OH is 1. The zero-order valence-electron chi connectivity index (χ0n) is 18.5. The molecule has 3 heterocycles. The molecule has 0 unspecified atom stereocenters. The molecule has 8 nitrogen and oxygen atoms in total. The van der Waals surface area contributed by atoms with Gasteiger partial charge >= 0.3 is 0 Å². The minimum absolute atomic E-state index is 0.0404. The summed E-state index contributed by atoms with van der Waals surface area (Å²) in [5.41, 5.74) is 0.449. The molecule has 2 N–H and O–H groups in total. The normalized spacial score (nSPS) is 26.4. The number of likely N-dealkylation sites (tertiary alicyclic amines) is 1. The number of β-amino-alcohol motifs (C(OH)–C–C–N with tert-alkyl or cyclic N) is 1. The molecule has 2 aliphatic heterocycles. The van der Waals surface area contributed by atoms with E-state index in [2.05, 4.69) is 31.4 Å². The Bertz CT molecular complexity index is 1060. The van der Waals surface area contributed by atoms with E-state index in [1.807, 2.05) is 45.0 Å². The molecule has 1 saturated heterocycles. The molecule has 1 aromatic carbocycles. The highest BCUT2D eigenvalue weighted by atomic mass is 79.9. The van der Waals surface area contributed by atoms with Crippen molar-refractivity contribution in [1.82, 2.24) is 15.4 Å². The lowest BCUT2D eigenvalue weighted by atomic mass is 9.91. The van der Waals surface area contributed by atoms with Crippen molar-refractivity contribution in [2.45, 2.75) is 57.7 Å². The number of rotatable bonds is 5. The van der Waals surface area contributed by atoms with Gasteiger partial charge in [-0.1, -0.05) is 47.1 Å². The first-order valence-electron chi connectivity index (χ1n) is 10.7. The maximum absolute atomic E-state index is 13.6. The molecule has 2 aromatic rings. The van der Waals surface area contributed by atoms with Crippen LogP contribution in [0.15, 0.2) is 44.3 Å². The SMILES string of the molecule is Cc1cc([C@@H](C(=O)N2C[C@H](O)C[C@@H]2C2=NC(=O)[C@](C)(c3ccc(Br)cc3)N2)C(C)C)on1. The first kappa shape index (κ1) is 22.7. The van der Waals surface area contributed by atoms with Gasteiger partial charge < -0.3 is 19.8 Å². The van der Waals surface area contributed by atoms with Crippen molar-refractivity contribution in [1.29, 1.82) is 0 Å². The number of halogens is 1. The van der Waals surface area contributed by atoms with E-state index in [-0.39, 0.29) is 24.3 Å². The van der Waals surface area contributed by atoms with Crippen LogP contribution in [0.4, 0.5) is 0 Å². The van der Waals surface area contributed by atoms with Gasteiger partial charge in [0.2, 0.25) is 5.91 Å². The molecular weight excluding hydrogens is 476 g/mol. The second-order valence-corrected chi connectivity index (χ2v) is 9.96. The molecule has 4 atom stereocenters. The third-order valence-corrected chi connectivity index (χ3v) is 6.74. The summed E-state index contributed by atoms with van der Waals surface area (Å²) in [5, 5.41) is 17.6. The van der Waals surface area contributed by atoms with Crippen LogP contribution in [0, 0.1) is 12.8 Å². The number of amidine groups is 1. The zero-order valence-corrected chi connectivity index (χ0v) is 20.1. The van der Waals surface area contributed by atoms with Crippen molar-refractivity contribution >= 4 is 33.6 Å². The van der Waals surface area contributed by atoms with Crippen molar-refractivity contribution in [3.8, 4) is 0 Å². The summed E-state index contributed by atoms with van der Waals surface area (Å²) >= 11 is 3.41. The second-order valence-electron chi connectivity index (χ2n) is 9.05. The standard InChI is InChI=1S/C23H27BrN4O4/c1-12(2)19(18-9-13(3)27-32-18)21(30)28-11-16(29)10-17(28)20-25-22(31)23(4,26-20)14-5-7-15(24)8-6-14/h5-9,12,16-17,19,29H,10-11H2,1-4H3,(H,25,26,31)/t16-,17-,19+,23+/m1/s1. The van der Waals surface area contributed by atoms with Crippen LogP contribution in [-0.2, 0) is 15.1 Å². The Morgan fingerprint density at radius 3 is 2.62 bits per heavy atom. The molecule has 0 bridgehead atoms. The molecule has 0 radical (unpaired) electrons. The molecule has 0 saturated carbocycles. The van der Waals surface area contributed by atoms with Crippen molar-refractivity contribution < 1.29 is 19.2 Å². The van der Waals surface area contributed by atoms with E-state index in [1.54, 1.807) is 17.9 Å². The Kier molecular flexibility index (Phi) is 5.98. The highest BCUT2D eigenvalue weighted by molar-refractivity contribution is 9.10. The number of hydrogen-bond acceptors (Lipinski definition) is 6. The number of carbonyl (C=O) groups excluding carboxylic acids is 2. The lowest BCUT2D eigenvalue weighted by molar-refractivity contribution is -0.134. The summed E-state index contributed by atoms with van der Waals surface area (Å²) < 4.78 is 6.32. The third-order valence-electron chi connectivity index (χ3n) is 6.21. The average Bonchev–Trinajstić information content (AvgIpc) is 3.40. The van der Waals surface area contributed by atoms with Gasteiger partial charge in [0.1, 0.15) is 23.1 Å². The van der Waals surface area contributed by atoms with Crippen LogP contribution in [0.1, 0.15) is 50.1 Å². The predicted molar refractivity (Wildman–Crippen MR) is 122 cm³/mol. The summed E-state index contributed by atoms with van der Waals surface area (Å²) in [4.78, 5) is 32.4. The second kappa shape index (κ2) is 8.44. The Morgan fingerprint density at radius 2 is 2.03 bits per heavy atom. The van der Waals surface area contributed by atoms with Gasteiger partial charge in [-0.05, 0) is 37.5 Å². The Hall–Kier alpha value is -2.52. The highest BCUT2D eigenvalue weighted by Gasteiger charge is 2.48. The van der Waals surface area contributed by atoms with E-state index < -0.39 is 23.6 Å². The van der Waals surface area contributed by atoms with E-state index >= 15 is 0 Å². The number of benzene rings is 1. The average molecular weight is 503 g/mol. The van der Waals surface area contributed by atoms with Crippen molar-refractivity contribution in [3.05, 3.63) is 51.8 Å². The fourth-order valence-corrected chi connectivity index (χ4v) is 4.72. The van der Waals surface area contributed by atoms with E-state index in [1.165, 1.54) is 0 Å². The zero-order chi connectivity index (χ0) is 23.2. The molecule has 9 heteroatoms. The lowest BCUT2D eigenvalue weighted by Crippen LogP contribution is -2.51. The Balaban J connectivity index is 1.61. The van der Waals surface area contributed by atoms with Crippen LogP contribution in [0.3, 0.4) is 0 Å². The topological polar surface area (TPSA) is 108 Å². The number of aryl methyl sites for hydroxylation is 1. The first-order valence-corrected chi connectivity index (χ1v) is 11.5. The highest BCUT2D eigenvalue weighted by Crippen LogP contribution is 2.34. The number of aromatic nitrogens is 1. The summed E-state index contributed by atoms with van der Waals surface area (Å²) in [6, 6.07) is 8.71. The number of nitrogens with one attached hydrogen (secondary N) is 1. The number of aliphatic hydroxyl groups is 1. The maximum atomic E-state index is 13.6. The minimum Gasteiger partial charge on any atom is -0.391 e. The Morgan fingerprint density at radius 1 is 1.34 bits per heavy atom. The quantitative estimate of drug-likeness (QED) is 0.650. The molecule has 1 aromatic heterocycles. The first-order chi connectivity index (χ1) is 15.1. The molecule has 2 aliphatic rings. The molecule has 170 valence electrons. The van der Waals surface area contributed by atoms with Crippen LogP contribution >= 0.6 is 15.9 Å². The number of carbonyl (C=O) groups is 2.